The third kappa shape index (κ3) is 3.49. The van der Waals surface area contributed by atoms with Crippen molar-refractivity contribution in [1.29, 1.82) is 0 Å². The predicted octanol–water partition coefficient (Wildman–Crippen LogP) is 0.393. The van der Waals surface area contributed by atoms with Crippen molar-refractivity contribution in [2.75, 3.05) is 18.1 Å². The number of hydrogen-bond acceptors (Lipinski definition) is 4. The molecule has 0 aromatic carbocycles. The van der Waals surface area contributed by atoms with Gasteiger partial charge in [-0.3, -0.25) is 4.79 Å². The summed E-state index contributed by atoms with van der Waals surface area (Å²) in [6.07, 6.45) is 0. The lowest BCUT2D eigenvalue weighted by molar-refractivity contribution is -0.118. The molecule has 0 unspecified atom stereocenters. The zero-order valence-corrected chi connectivity index (χ0v) is 7.79. The van der Waals surface area contributed by atoms with Gasteiger partial charge in [-0.2, -0.15) is 25.3 Å². The molecule has 1 N–H and O–H groups in total. The average Bonchev–Trinajstić information content (AvgIpc) is 1.99. The number of nitrogens with one attached hydrogen (secondary N) is 1. The van der Waals surface area contributed by atoms with Gasteiger partial charge in [0.1, 0.15) is 0 Å². The maximum Gasteiger partial charge on any atom is 0.160 e. The molecule has 0 rings (SSSR count). The molecule has 0 amide bonds. The summed E-state index contributed by atoms with van der Waals surface area (Å²) >= 11 is 7.90. The van der Waals surface area contributed by atoms with E-state index in [2.05, 4.69) is 30.6 Å². The molecule has 0 saturated carbocycles. The van der Waals surface area contributed by atoms with Crippen LogP contribution in [0.3, 0.4) is 0 Å². The van der Waals surface area contributed by atoms with Crippen LogP contribution in [0.25, 0.3) is 0 Å². The van der Waals surface area contributed by atoms with Gasteiger partial charge in [0.05, 0.1) is 11.8 Å². The third-order valence-corrected chi connectivity index (χ3v) is 1.85. The molecule has 10 heavy (non-hydrogen) atoms. The van der Waals surface area contributed by atoms with Crippen LogP contribution >= 0.6 is 25.3 Å². The zero-order valence-electron chi connectivity index (χ0n) is 6.00. The van der Waals surface area contributed by atoms with Gasteiger partial charge in [-0.05, 0) is 6.54 Å². The van der Waals surface area contributed by atoms with Gasteiger partial charge < -0.3 is 5.32 Å². The Balaban J connectivity index is 3.68. The van der Waals surface area contributed by atoms with Crippen LogP contribution < -0.4 is 5.32 Å². The maximum atomic E-state index is 10.9. The van der Waals surface area contributed by atoms with Gasteiger partial charge in [-0.1, -0.05) is 6.92 Å². The molecule has 2 nitrogen and oxygen atoms in total. The zero-order chi connectivity index (χ0) is 7.98. The fraction of sp³-hybridized carbons (Fsp3) is 0.833. The van der Waals surface area contributed by atoms with Gasteiger partial charge in [-0.15, -0.1) is 0 Å². The molecule has 0 aliphatic carbocycles. The molecule has 0 aliphatic rings. The summed E-state index contributed by atoms with van der Waals surface area (Å²) in [5.74, 6) is 0.950. The smallest absolute Gasteiger partial charge is 0.160 e. The van der Waals surface area contributed by atoms with Crippen molar-refractivity contribution in [3.05, 3.63) is 0 Å². The summed E-state index contributed by atoms with van der Waals surface area (Å²) in [6.45, 7) is 2.76. The van der Waals surface area contributed by atoms with E-state index in [4.69, 9.17) is 0 Å². The Hall–Kier alpha value is 0.330. The van der Waals surface area contributed by atoms with Crippen LogP contribution in [0.4, 0.5) is 0 Å². The second-order valence-corrected chi connectivity index (χ2v) is 2.60. The maximum absolute atomic E-state index is 10.9. The highest BCUT2D eigenvalue weighted by Crippen LogP contribution is 1.91. The minimum absolute atomic E-state index is 0.111. The lowest BCUT2D eigenvalue weighted by Gasteiger charge is -2.11. The van der Waals surface area contributed by atoms with Gasteiger partial charge in [0.15, 0.2) is 5.78 Å². The van der Waals surface area contributed by atoms with Crippen LogP contribution in [0.15, 0.2) is 0 Å². The van der Waals surface area contributed by atoms with Gasteiger partial charge in [0.2, 0.25) is 0 Å². The Bertz CT molecular complexity index is 108. The minimum Gasteiger partial charge on any atom is -0.307 e. The lowest BCUT2D eigenvalue weighted by Crippen LogP contribution is -2.38. The number of likely N-dealkylation sites (N-methyl/N-ethyl adjacent to an activating group) is 1. The summed E-state index contributed by atoms with van der Waals surface area (Å²) in [5, 5.41) is 3.01. The van der Waals surface area contributed by atoms with Crippen LogP contribution in [0.5, 0.6) is 0 Å². The first-order valence-electron chi connectivity index (χ1n) is 3.24. The van der Waals surface area contributed by atoms with E-state index in [0.29, 0.717) is 5.75 Å². The first kappa shape index (κ1) is 10.3. The predicted molar refractivity (Wildman–Crippen MR) is 50.2 cm³/mol. The molecular formula is C6H13NOS2. The number of ketones is 1. The molecule has 0 fully saturated rings. The molecule has 0 heterocycles. The van der Waals surface area contributed by atoms with Crippen molar-refractivity contribution >= 4 is 31.0 Å². The Kier molecular flexibility index (Phi) is 6.27. The van der Waals surface area contributed by atoms with Crippen molar-refractivity contribution < 1.29 is 4.79 Å². The van der Waals surface area contributed by atoms with E-state index in [0.717, 1.165) is 6.54 Å². The Morgan fingerprint density at radius 3 is 2.50 bits per heavy atom. The minimum atomic E-state index is -0.120. The molecule has 0 aromatic heterocycles. The van der Waals surface area contributed by atoms with Gasteiger partial charge in [-0.25, -0.2) is 0 Å². The molecule has 0 saturated heterocycles. The number of rotatable bonds is 5. The van der Waals surface area contributed by atoms with E-state index in [9.17, 15) is 4.79 Å². The lowest BCUT2D eigenvalue weighted by atomic mass is 10.2. The number of hydrogen-bond donors (Lipinski definition) is 3. The van der Waals surface area contributed by atoms with Crippen molar-refractivity contribution in [3.63, 3.8) is 0 Å². The van der Waals surface area contributed by atoms with Crippen molar-refractivity contribution in [2.24, 2.45) is 0 Å². The monoisotopic (exact) mass is 179 g/mol. The van der Waals surface area contributed by atoms with Crippen molar-refractivity contribution in [2.45, 2.75) is 13.0 Å². The average molecular weight is 179 g/mol. The Morgan fingerprint density at radius 1 is 1.60 bits per heavy atom. The summed E-state index contributed by atoms with van der Waals surface area (Å²) in [7, 11) is 0. The number of Topliss-reactive ketones (excluding diaryl/α,β-unsaturated/α-hetero) is 1. The van der Waals surface area contributed by atoms with E-state index in [1.165, 1.54) is 0 Å². The second-order valence-electron chi connectivity index (χ2n) is 1.92. The molecule has 60 valence electrons. The summed E-state index contributed by atoms with van der Waals surface area (Å²) in [5.41, 5.74) is 0. The molecule has 0 aliphatic heterocycles. The van der Waals surface area contributed by atoms with Gasteiger partial charge in [0, 0.05) is 5.75 Å². The third-order valence-electron chi connectivity index (χ3n) is 1.18. The highest BCUT2D eigenvalue weighted by Gasteiger charge is 2.12. The largest absolute Gasteiger partial charge is 0.307 e. The topological polar surface area (TPSA) is 29.1 Å². The SMILES string of the molecule is CCN[C@@H](CS)C(=O)CS. The number of carbonyl (C=O) groups is 1. The number of carbonyl (C=O) groups excluding carboxylic acids is 1. The van der Waals surface area contributed by atoms with Crippen molar-refractivity contribution in [3.8, 4) is 0 Å². The normalized spacial score (nSPS) is 13.1. The Morgan fingerprint density at radius 2 is 2.20 bits per heavy atom. The van der Waals surface area contributed by atoms with E-state index in [-0.39, 0.29) is 17.6 Å². The molecule has 0 aromatic rings. The van der Waals surface area contributed by atoms with Crippen LogP contribution in [0, 0.1) is 0 Å². The summed E-state index contributed by atoms with van der Waals surface area (Å²) in [4.78, 5) is 10.9. The van der Waals surface area contributed by atoms with Crippen LogP contribution in [-0.4, -0.2) is 29.9 Å². The molecule has 0 bridgehead atoms. The standard InChI is InChI=1S/C6H13NOS2/c1-2-7-5(3-9)6(8)4-10/h5,7,9-10H,2-4H2,1H3/t5-/m0/s1. The molecule has 0 spiro atoms. The second kappa shape index (κ2) is 6.07. The van der Waals surface area contributed by atoms with E-state index >= 15 is 0 Å². The molecular weight excluding hydrogens is 166 g/mol. The fourth-order valence-electron chi connectivity index (χ4n) is 0.637. The first-order valence-corrected chi connectivity index (χ1v) is 4.50. The van der Waals surface area contributed by atoms with Gasteiger partial charge in [0.25, 0.3) is 0 Å². The summed E-state index contributed by atoms with van der Waals surface area (Å²) < 4.78 is 0. The first-order chi connectivity index (χ1) is 4.76. The Labute approximate surface area is 72.6 Å². The van der Waals surface area contributed by atoms with Gasteiger partial charge >= 0.3 is 0 Å². The van der Waals surface area contributed by atoms with E-state index in [1.807, 2.05) is 6.92 Å². The molecule has 0 radical (unpaired) electrons. The molecule has 4 heteroatoms. The van der Waals surface area contributed by atoms with Crippen LogP contribution in [-0.2, 0) is 4.79 Å². The number of thiol groups is 2. The van der Waals surface area contributed by atoms with Crippen LogP contribution in [0.1, 0.15) is 6.92 Å². The highest BCUT2D eigenvalue weighted by molar-refractivity contribution is 7.81. The highest BCUT2D eigenvalue weighted by atomic mass is 32.1. The quantitative estimate of drug-likeness (QED) is 0.533. The van der Waals surface area contributed by atoms with E-state index in [1.54, 1.807) is 0 Å². The summed E-state index contributed by atoms with van der Waals surface area (Å²) in [6, 6.07) is -0.120. The van der Waals surface area contributed by atoms with E-state index < -0.39 is 0 Å². The molecule has 1 atom stereocenters. The fourth-order valence-corrected chi connectivity index (χ4v) is 1.19. The van der Waals surface area contributed by atoms with Crippen molar-refractivity contribution in [1.82, 2.24) is 5.32 Å². The van der Waals surface area contributed by atoms with Crippen LogP contribution in [0.2, 0.25) is 0 Å².